The fourth-order valence-electron chi connectivity index (χ4n) is 3.24. The summed E-state index contributed by atoms with van der Waals surface area (Å²) in [6, 6.07) is 20.3. The van der Waals surface area contributed by atoms with Gasteiger partial charge in [0.25, 0.3) is 11.6 Å². The molecule has 1 heterocycles. The van der Waals surface area contributed by atoms with Crippen molar-refractivity contribution in [3.8, 4) is 17.0 Å². The predicted molar refractivity (Wildman–Crippen MR) is 120 cm³/mol. The molecule has 1 N–H and O–H groups in total. The molecule has 0 aliphatic rings. The average molecular weight is 434 g/mol. The molecule has 1 amide bonds. The Morgan fingerprint density at radius 2 is 1.87 bits per heavy atom. The lowest BCUT2D eigenvalue weighted by molar-refractivity contribution is -0.384. The fraction of sp³-hybridized carbons (Fsp3) is 0.0435. The van der Waals surface area contributed by atoms with Crippen LogP contribution in [0.4, 0.5) is 11.4 Å². The first-order valence-electron chi connectivity index (χ1n) is 9.26. The molecule has 0 atom stereocenters. The van der Waals surface area contributed by atoms with Crippen LogP contribution in [0, 0.1) is 10.1 Å². The zero-order chi connectivity index (χ0) is 22.0. The Morgan fingerprint density at radius 1 is 1.06 bits per heavy atom. The number of carbonyl (C=O) groups is 1. The normalized spacial score (nSPS) is 10.6. The lowest BCUT2D eigenvalue weighted by atomic mass is 10.0. The number of nitro benzene ring substituents is 1. The molecule has 154 valence electrons. The zero-order valence-corrected chi connectivity index (χ0v) is 17.1. The van der Waals surface area contributed by atoms with Crippen LogP contribution in [0.2, 0.25) is 5.02 Å². The van der Waals surface area contributed by atoms with Crippen LogP contribution in [0.3, 0.4) is 0 Å². The second-order valence-electron chi connectivity index (χ2n) is 6.68. The van der Waals surface area contributed by atoms with Crippen molar-refractivity contribution in [1.29, 1.82) is 0 Å². The number of nitrogens with zero attached hydrogens (tertiary/aromatic N) is 2. The lowest BCUT2D eigenvalue weighted by Crippen LogP contribution is -2.14. The van der Waals surface area contributed by atoms with Crippen molar-refractivity contribution < 1.29 is 14.5 Å². The van der Waals surface area contributed by atoms with E-state index in [2.05, 4.69) is 10.3 Å². The van der Waals surface area contributed by atoms with E-state index in [4.69, 9.17) is 16.3 Å². The summed E-state index contributed by atoms with van der Waals surface area (Å²) in [6.07, 6.45) is 0. The molecule has 31 heavy (non-hydrogen) atoms. The third kappa shape index (κ3) is 4.17. The highest BCUT2D eigenvalue weighted by Crippen LogP contribution is 2.31. The number of methoxy groups -OCH3 is 1. The number of hydrogen-bond acceptors (Lipinski definition) is 5. The summed E-state index contributed by atoms with van der Waals surface area (Å²) >= 11 is 6.11. The molecular weight excluding hydrogens is 418 g/mol. The van der Waals surface area contributed by atoms with E-state index < -0.39 is 10.8 Å². The number of hydrogen-bond donors (Lipinski definition) is 1. The largest absolute Gasteiger partial charge is 0.496 e. The molecule has 0 saturated carbocycles. The summed E-state index contributed by atoms with van der Waals surface area (Å²) in [5.41, 5.74) is 2.08. The van der Waals surface area contributed by atoms with E-state index in [-0.39, 0.29) is 11.4 Å². The summed E-state index contributed by atoms with van der Waals surface area (Å²) in [5, 5.41) is 15.3. The van der Waals surface area contributed by atoms with E-state index in [1.807, 2.05) is 12.1 Å². The Kier molecular flexibility index (Phi) is 5.51. The first kappa shape index (κ1) is 20.3. The van der Waals surface area contributed by atoms with Gasteiger partial charge >= 0.3 is 0 Å². The van der Waals surface area contributed by atoms with E-state index >= 15 is 0 Å². The van der Waals surface area contributed by atoms with Crippen LogP contribution in [0.15, 0.2) is 72.8 Å². The Labute approximate surface area is 182 Å². The van der Waals surface area contributed by atoms with E-state index in [0.29, 0.717) is 32.9 Å². The number of carbonyl (C=O) groups excluding carboxylic acids is 1. The highest BCUT2D eigenvalue weighted by molar-refractivity contribution is 6.30. The number of ether oxygens (including phenoxy) is 1. The maximum Gasteiger partial charge on any atom is 0.296 e. The minimum Gasteiger partial charge on any atom is -0.496 e. The number of pyridine rings is 1. The van der Waals surface area contributed by atoms with Crippen LogP contribution < -0.4 is 10.1 Å². The molecule has 4 rings (SSSR count). The number of fused-ring (bicyclic) bond motifs is 1. The van der Waals surface area contributed by atoms with Crippen LogP contribution in [-0.4, -0.2) is 22.9 Å². The van der Waals surface area contributed by atoms with Crippen molar-refractivity contribution >= 4 is 39.8 Å². The van der Waals surface area contributed by atoms with Crippen molar-refractivity contribution in [2.24, 2.45) is 0 Å². The minimum absolute atomic E-state index is 0.0704. The summed E-state index contributed by atoms with van der Waals surface area (Å²) in [4.78, 5) is 28.7. The molecular formula is C23H16ClN3O4. The number of halogens is 1. The van der Waals surface area contributed by atoms with E-state index in [1.165, 1.54) is 19.2 Å². The van der Waals surface area contributed by atoms with E-state index in [9.17, 15) is 14.9 Å². The molecule has 0 aliphatic heterocycles. The molecule has 0 radical (unpaired) electrons. The van der Waals surface area contributed by atoms with Crippen LogP contribution in [-0.2, 0) is 0 Å². The van der Waals surface area contributed by atoms with Crippen molar-refractivity contribution in [2.45, 2.75) is 0 Å². The van der Waals surface area contributed by atoms with Gasteiger partial charge in [0, 0.05) is 16.0 Å². The first-order valence-corrected chi connectivity index (χ1v) is 9.63. The summed E-state index contributed by atoms with van der Waals surface area (Å²) in [7, 11) is 1.41. The Bertz CT molecular complexity index is 1320. The number of para-hydroxylation sites is 1. The summed E-state index contributed by atoms with van der Waals surface area (Å²) in [6.45, 7) is 0. The molecule has 0 unspecified atom stereocenters. The average Bonchev–Trinajstić information content (AvgIpc) is 2.78. The van der Waals surface area contributed by atoms with Gasteiger partial charge in [0.05, 0.1) is 34.9 Å². The van der Waals surface area contributed by atoms with Gasteiger partial charge in [-0.25, -0.2) is 4.98 Å². The van der Waals surface area contributed by atoms with Crippen LogP contribution in [0.5, 0.6) is 5.75 Å². The topological polar surface area (TPSA) is 94.4 Å². The molecule has 0 fully saturated rings. The van der Waals surface area contributed by atoms with Crippen LogP contribution >= 0.6 is 11.6 Å². The second kappa shape index (κ2) is 8.41. The Morgan fingerprint density at radius 3 is 2.61 bits per heavy atom. The van der Waals surface area contributed by atoms with Crippen molar-refractivity contribution in [2.75, 3.05) is 12.4 Å². The van der Waals surface area contributed by atoms with Crippen LogP contribution in [0.1, 0.15) is 10.4 Å². The monoisotopic (exact) mass is 433 g/mol. The minimum atomic E-state index is -0.569. The van der Waals surface area contributed by atoms with Gasteiger partial charge in [0.2, 0.25) is 0 Å². The molecule has 7 nitrogen and oxygen atoms in total. The van der Waals surface area contributed by atoms with Crippen molar-refractivity contribution in [3.63, 3.8) is 0 Å². The number of aromatic nitrogens is 1. The van der Waals surface area contributed by atoms with Gasteiger partial charge in [-0.3, -0.25) is 14.9 Å². The van der Waals surface area contributed by atoms with Crippen LogP contribution in [0.25, 0.3) is 22.2 Å². The number of nitrogens with one attached hydrogen (secondary N) is 1. The molecule has 0 spiro atoms. The number of amides is 1. The fourth-order valence-corrected chi connectivity index (χ4v) is 3.43. The van der Waals surface area contributed by atoms with Gasteiger partial charge < -0.3 is 10.1 Å². The van der Waals surface area contributed by atoms with E-state index in [1.54, 1.807) is 48.5 Å². The number of benzene rings is 3. The quantitative estimate of drug-likeness (QED) is 0.320. The Hall–Kier alpha value is -3.97. The lowest BCUT2D eigenvalue weighted by Gasteiger charge is -2.11. The van der Waals surface area contributed by atoms with Crippen molar-refractivity contribution in [1.82, 2.24) is 4.98 Å². The number of anilines is 1. The SMILES string of the molecule is COc1ccc(NC(=O)c2cc(-c3cccc(Cl)c3)nc3ccccc23)c([N+](=O)[O-])c1. The summed E-state index contributed by atoms with van der Waals surface area (Å²) in [5.74, 6) is -0.169. The Balaban J connectivity index is 1.80. The predicted octanol–water partition coefficient (Wildman–Crippen LogP) is 5.72. The van der Waals surface area contributed by atoms with E-state index in [0.717, 1.165) is 5.56 Å². The number of nitro groups is 1. The van der Waals surface area contributed by atoms with Crippen molar-refractivity contribution in [3.05, 3.63) is 93.5 Å². The standard InChI is InChI=1S/C23H16ClN3O4/c1-31-16-9-10-20(22(12-16)27(29)30)26-23(28)18-13-21(14-5-4-6-15(24)11-14)25-19-8-3-2-7-17(18)19/h2-13H,1H3,(H,26,28). The second-order valence-corrected chi connectivity index (χ2v) is 7.11. The van der Waals surface area contributed by atoms with Gasteiger partial charge in [-0.2, -0.15) is 0 Å². The summed E-state index contributed by atoms with van der Waals surface area (Å²) < 4.78 is 5.05. The van der Waals surface area contributed by atoms with Gasteiger partial charge in [-0.05, 0) is 36.4 Å². The zero-order valence-electron chi connectivity index (χ0n) is 16.3. The highest BCUT2D eigenvalue weighted by atomic mass is 35.5. The molecule has 4 aromatic rings. The third-order valence-electron chi connectivity index (χ3n) is 4.73. The molecule has 3 aromatic carbocycles. The maximum absolute atomic E-state index is 13.2. The molecule has 1 aromatic heterocycles. The smallest absolute Gasteiger partial charge is 0.296 e. The number of rotatable bonds is 5. The highest BCUT2D eigenvalue weighted by Gasteiger charge is 2.20. The molecule has 0 aliphatic carbocycles. The third-order valence-corrected chi connectivity index (χ3v) is 4.97. The maximum atomic E-state index is 13.2. The van der Waals surface area contributed by atoms with Gasteiger partial charge in [0.15, 0.2) is 0 Å². The van der Waals surface area contributed by atoms with Gasteiger partial charge in [-0.1, -0.05) is 41.9 Å². The molecule has 0 bridgehead atoms. The van der Waals surface area contributed by atoms with Gasteiger partial charge in [0.1, 0.15) is 11.4 Å². The van der Waals surface area contributed by atoms with Gasteiger partial charge in [-0.15, -0.1) is 0 Å². The first-order chi connectivity index (χ1) is 15.0. The molecule has 8 heteroatoms. The molecule has 0 saturated heterocycles.